The van der Waals surface area contributed by atoms with Gasteiger partial charge in [-0.15, -0.1) is 11.3 Å². The van der Waals surface area contributed by atoms with Crippen molar-refractivity contribution in [3.63, 3.8) is 0 Å². The highest BCUT2D eigenvalue weighted by atomic mass is 32.1. The van der Waals surface area contributed by atoms with Crippen molar-refractivity contribution in [3.05, 3.63) is 16.6 Å². The van der Waals surface area contributed by atoms with Crippen LogP contribution in [-0.4, -0.2) is 42.6 Å². The minimum atomic E-state index is 0.857. The molecule has 1 aromatic heterocycles. The van der Waals surface area contributed by atoms with E-state index in [1.807, 2.05) is 5.51 Å². The van der Waals surface area contributed by atoms with Gasteiger partial charge in [0.15, 0.2) is 0 Å². The fourth-order valence-corrected chi connectivity index (χ4v) is 2.86. The maximum absolute atomic E-state index is 4.33. The van der Waals surface area contributed by atoms with Crippen molar-refractivity contribution in [3.8, 4) is 0 Å². The minimum Gasteiger partial charge on any atom is -0.317 e. The predicted molar refractivity (Wildman–Crippen MR) is 68.9 cm³/mol. The summed E-state index contributed by atoms with van der Waals surface area (Å²) in [5.41, 5.74) is 3.17. The number of aromatic nitrogens is 1. The molecule has 1 aliphatic rings. The standard InChI is InChI=1S/C12H21N3S/c1-2-13-7-11-3-5-15(8-11)6-4-12-9-16-10-14-12/h9-11,13H,2-8H2,1H3. The molecular weight excluding hydrogens is 218 g/mol. The molecule has 0 aliphatic carbocycles. The molecule has 1 fully saturated rings. The summed E-state index contributed by atoms with van der Waals surface area (Å²) >= 11 is 1.69. The van der Waals surface area contributed by atoms with Crippen LogP contribution in [0.5, 0.6) is 0 Å². The van der Waals surface area contributed by atoms with E-state index in [9.17, 15) is 0 Å². The van der Waals surface area contributed by atoms with E-state index in [-0.39, 0.29) is 0 Å². The maximum Gasteiger partial charge on any atom is 0.0794 e. The van der Waals surface area contributed by atoms with Gasteiger partial charge in [0.1, 0.15) is 0 Å². The summed E-state index contributed by atoms with van der Waals surface area (Å²) in [6, 6.07) is 0. The lowest BCUT2D eigenvalue weighted by molar-refractivity contribution is 0.325. The molecule has 1 aromatic rings. The first-order valence-electron chi connectivity index (χ1n) is 6.18. The van der Waals surface area contributed by atoms with Gasteiger partial charge in [-0.3, -0.25) is 0 Å². The Labute approximate surface area is 102 Å². The highest BCUT2D eigenvalue weighted by Crippen LogP contribution is 2.15. The van der Waals surface area contributed by atoms with E-state index >= 15 is 0 Å². The van der Waals surface area contributed by atoms with Gasteiger partial charge in [-0.1, -0.05) is 6.92 Å². The lowest BCUT2D eigenvalue weighted by Gasteiger charge is -2.15. The Morgan fingerprint density at radius 3 is 3.31 bits per heavy atom. The molecule has 1 saturated heterocycles. The van der Waals surface area contributed by atoms with Crippen LogP contribution in [0.15, 0.2) is 10.9 Å². The van der Waals surface area contributed by atoms with Gasteiger partial charge in [0, 0.05) is 24.9 Å². The second-order valence-corrected chi connectivity index (χ2v) is 5.21. The molecule has 3 nitrogen and oxygen atoms in total. The van der Waals surface area contributed by atoms with Crippen molar-refractivity contribution in [2.45, 2.75) is 19.8 Å². The first-order valence-corrected chi connectivity index (χ1v) is 7.13. The summed E-state index contributed by atoms with van der Waals surface area (Å²) in [7, 11) is 0. The Balaban J connectivity index is 1.65. The molecule has 1 unspecified atom stereocenters. The highest BCUT2D eigenvalue weighted by molar-refractivity contribution is 7.07. The fourth-order valence-electron chi connectivity index (χ4n) is 2.26. The van der Waals surface area contributed by atoms with Crippen LogP contribution in [0, 0.1) is 5.92 Å². The molecule has 1 aliphatic heterocycles. The zero-order valence-corrected chi connectivity index (χ0v) is 10.8. The fraction of sp³-hybridized carbons (Fsp3) is 0.750. The molecule has 2 heterocycles. The van der Waals surface area contributed by atoms with E-state index in [0.717, 1.165) is 18.9 Å². The van der Waals surface area contributed by atoms with Crippen molar-refractivity contribution in [2.75, 3.05) is 32.7 Å². The lowest BCUT2D eigenvalue weighted by Crippen LogP contribution is -2.27. The topological polar surface area (TPSA) is 28.2 Å². The second kappa shape index (κ2) is 6.33. The van der Waals surface area contributed by atoms with Gasteiger partial charge in [-0.05, 0) is 32.0 Å². The summed E-state index contributed by atoms with van der Waals surface area (Å²) in [6.07, 6.45) is 2.46. The first-order chi connectivity index (χ1) is 7.88. The van der Waals surface area contributed by atoms with E-state index in [4.69, 9.17) is 0 Å². The van der Waals surface area contributed by atoms with Crippen molar-refractivity contribution in [1.82, 2.24) is 15.2 Å². The Bertz CT molecular complexity index is 286. The Kier molecular flexibility index (Phi) is 4.75. The number of likely N-dealkylation sites (tertiary alicyclic amines) is 1. The molecule has 0 saturated carbocycles. The quantitative estimate of drug-likeness (QED) is 0.817. The van der Waals surface area contributed by atoms with Crippen LogP contribution in [-0.2, 0) is 6.42 Å². The van der Waals surface area contributed by atoms with Crippen molar-refractivity contribution in [2.24, 2.45) is 5.92 Å². The first kappa shape index (κ1) is 12.0. The van der Waals surface area contributed by atoms with E-state index in [1.165, 1.54) is 38.3 Å². The minimum absolute atomic E-state index is 0.857. The molecule has 2 rings (SSSR count). The average molecular weight is 239 g/mol. The average Bonchev–Trinajstić information content (AvgIpc) is 2.95. The van der Waals surface area contributed by atoms with Crippen LogP contribution in [0.2, 0.25) is 0 Å². The molecule has 1 N–H and O–H groups in total. The number of thiazole rings is 1. The SMILES string of the molecule is CCNCC1CCN(CCc2cscn2)C1. The van der Waals surface area contributed by atoms with Crippen LogP contribution in [0.3, 0.4) is 0 Å². The molecule has 0 spiro atoms. The van der Waals surface area contributed by atoms with Gasteiger partial charge in [-0.25, -0.2) is 4.98 Å². The normalized spacial score (nSPS) is 21.7. The molecule has 4 heteroatoms. The smallest absolute Gasteiger partial charge is 0.0794 e. The van der Waals surface area contributed by atoms with Crippen molar-refractivity contribution < 1.29 is 0 Å². The van der Waals surface area contributed by atoms with Crippen LogP contribution in [0.1, 0.15) is 19.0 Å². The summed E-state index contributed by atoms with van der Waals surface area (Å²) in [5.74, 6) is 0.857. The highest BCUT2D eigenvalue weighted by Gasteiger charge is 2.21. The van der Waals surface area contributed by atoms with Crippen molar-refractivity contribution in [1.29, 1.82) is 0 Å². The Morgan fingerprint density at radius 1 is 1.62 bits per heavy atom. The van der Waals surface area contributed by atoms with Gasteiger partial charge >= 0.3 is 0 Å². The zero-order chi connectivity index (χ0) is 11.2. The molecule has 0 radical (unpaired) electrons. The van der Waals surface area contributed by atoms with E-state index in [2.05, 4.69) is 27.5 Å². The van der Waals surface area contributed by atoms with Gasteiger partial charge < -0.3 is 10.2 Å². The summed E-state index contributed by atoms with van der Waals surface area (Å²) in [6.45, 7) is 8.15. The van der Waals surface area contributed by atoms with E-state index in [1.54, 1.807) is 11.3 Å². The van der Waals surface area contributed by atoms with E-state index < -0.39 is 0 Å². The largest absolute Gasteiger partial charge is 0.317 e. The van der Waals surface area contributed by atoms with Gasteiger partial charge in [0.05, 0.1) is 11.2 Å². The Hall–Kier alpha value is -0.450. The second-order valence-electron chi connectivity index (χ2n) is 4.49. The lowest BCUT2D eigenvalue weighted by atomic mass is 10.1. The number of nitrogens with one attached hydrogen (secondary N) is 1. The number of nitrogens with zero attached hydrogens (tertiary/aromatic N) is 2. The number of rotatable bonds is 6. The van der Waals surface area contributed by atoms with Crippen LogP contribution >= 0.6 is 11.3 Å². The summed E-state index contributed by atoms with van der Waals surface area (Å²) in [5, 5.41) is 5.60. The summed E-state index contributed by atoms with van der Waals surface area (Å²) < 4.78 is 0. The predicted octanol–water partition coefficient (Wildman–Crippen LogP) is 1.62. The van der Waals surface area contributed by atoms with Crippen molar-refractivity contribution >= 4 is 11.3 Å². The third kappa shape index (κ3) is 3.54. The van der Waals surface area contributed by atoms with Gasteiger partial charge in [-0.2, -0.15) is 0 Å². The van der Waals surface area contributed by atoms with Crippen LogP contribution in [0.4, 0.5) is 0 Å². The molecule has 0 aromatic carbocycles. The number of hydrogen-bond donors (Lipinski definition) is 1. The monoisotopic (exact) mass is 239 g/mol. The van der Waals surface area contributed by atoms with Crippen LogP contribution < -0.4 is 5.32 Å². The van der Waals surface area contributed by atoms with Gasteiger partial charge in [0.2, 0.25) is 0 Å². The third-order valence-electron chi connectivity index (χ3n) is 3.22. The van der Waals surface area contributed by atoms with Gasteiger partial charge in [0.25, 0.3) is 0 Å². The van der Waals surface area contributed by atoms with Crippen LogP contribution in [0.25, 0.3) is 0 Å². The zero-order valence-electron chi connectivity index (χ0n) is 9.98. The molecular formula is C12H21N3S. The molecule has 1 atom stereocenters. The Morgan fingerprint density at radius 2 is 2.56 bits per heavy atom. The molecule has 90 valence electrons. The molecule has 0 amide bonds. The van der Waals surface area contributed by atoms with E-state index in [0.29, 0.717) is 0 Å². The number of hydrogen-bond acceptors (Lipinski definition) is 4. The molecule has 16 heavy (non-hydrogen) atoms. The summed E-state index contributed by atoms with van der Waals surface area (Å²) in [4.78, 5) is 6.90. The third-order valence-corrected chi connectivity index (χ3v) is 3.86. The maximum atomic E-state index is 4.33. The molecule has 0 bridgehead atoms.